The zero-order valence-electron chi connectivity index (χ0n) is 8.50. The third-order valence-electron chi connectivity index (χ3n) is 1.95. The number of rotatable bonds is 5. The molecule has 5 heteroatoms. The minimum Gasteiger partial charge on any atom is -0.391 e. The van der Waals surface area contributed by atoms with E-state index in [9.17, 15) is 9.90 Å². The molecule has 0 aliphatic rings. The zero-order valence-corrected chi connectivity index (χ0v) is 11.5. The van der Waals surface area contributed by atoms with Gasteiger partial charge in [-0.05, 0) is 35.1 Å². The molecule has 3 nitrogen and oxygen atoms in total. The maximum Gasteiger partial charge on any atom is 0.252 e. The number of carbonyl (C=O) groups excluding carboxylic acids is 1. The van der Waals surface area contributed by atoms with Crippen molar-refractivity contribution in [2.45, 2.75) is 25.9 Å². The highest BCUT2D eigenvalue weighted by Crippen LogP contribution is 2.16. The van der Waals surface area contributed by atoms with Crippen LogP contribution in [0.4, 0.5) is 0 Å². The highest BCUT2D eigenvalue weighted by atomic mass is 127. The number of amides is 1. The zero-order chi connectivity index (χ0) is 11.3. The molecule has 0 spiro atoms. The van der Waals surface area contributed by atoms with Gasteiger partial charge in [0.05, 0.1) is 14.6 Å². The van der Waals surface area contributed by atoms with Crippen molar-refractivity contribution in [3.8, 4) is 0 Å². The fourth-order valence-electron chi connectivity index (χ4n) is 1.18. The van der Waals surface area contributed by atoms with Gasteiger partial charge in [-0.15, -0.1) is 11.3 Å². The van der Waals surface area contributed by atoms with Gasteiger partial charge in [-0.25, -0.2) is 0 Å². The van der Waals surface area contributed by atoms with Gasteiger partial charge in [0.1, 0.15) is 0 Å². The summed E-state index contributed by atoms with van der Waals surface area (Å²) in [5.41, 5.74) is 0.674. The van der Waals surface area contributed by atoms with Crippen molar-refractivity contribution in [1.82, 2.24) is 5.32 Å². The van der Waals surface area contributed by atoms with Crippen molar-refractivity contribution in [1.29, 1.82) is 0 Å². The van der Waals surface area contributed by atoms with Crippen LogP contribution in [0.5, 0.6) is 0 Å². The summed E-state index contributed by atoms with van der Waals surface area (Å²) in [6.45, 7) is 2.34. The first-order valence-electron chi connectivity index (χ1n) is 4.83. The summed E-state index contributed by atoms with van der Waals surface area (Å²) in [4.78, 5) is 11.5. The van der Waals surface area contributed by atoms with E-state index in [1.54, 1.807) is 11.3 Å². The molecule has 1 aromatic heterocycles. The van der Waals surface area contributed by atoms with E-state index in [1.807, 2.05) is 18.4 Å². The van der Waals surface area contributed by atoms with Crippen LogP contribution >= 0.6 is 33.9 Å². The van der Waals surface area contributed by atoms with Crippen LogP contribution in [0.25, 0.3) is 0 Å². The van der Waals surface area contributed by atoms with Crippen molar-refractivity contribution in [3.05, 3.63) is 19.9 Å². The average Bonchev–Trinajstić information content (AvgIpc) is 2.62. The molecule has 0 radical (unpaired) electrons. The van der Waals surface area contributed by atoms with Crippen LogP contribution in [0, 0.1) is 2.88 Å². The van der Waals surface area contributed by atoms with Crippen LogP contribution in [0.2, 0.25) is 0 Å². The lowest BCUT2D eigenvalue weighted by atomic mass is 10.2. The second-order valence-electron chi connectivity index (χ2n) is 3.29. The van der Waals surface area contributed by atoms with Crippen LogP contribution < -0.4 is 5.32 Å². The second-order valence-corrected chi connectivity index (χ2v) is 6.10. The predicted molar refractivity (Wildman–Crippen MR) is 70.3 cm³/mol. The lowest BCUT2D eigenvalue weighted by Gasteiger charge is -2.09. The summed E-state index contributed by atoms with van der Waals surface area (Å²) in [6.07, 6.45) is 1.21. The molecule has 0 saturated carbocycles. The average molecular weight is 339 g/mol. The summed E-state index contributed by atoms with van der Waals surface area (Å²) in [5.74, 6) is -0.107. The Balaban J connectivity index is 2.36. The predicted octanol–water partition coefficient (Wildman–Crippen LogP) is 2.24. The molecule has 15 heavy (non-hydrogen) atoms. The summed E-state index contributed by atoms with van der Waals surface area (Å²) in [7, 11) is 0. The molecular formula is C10H14INO2S. The Labute approximate surface area is 107 Å². The summed E-state index contributed by atoms with van der Waals surface area (Å²) >= 11 is 3.72. The number of nitrogens with one attached hydrogen (secondary N) is 1. The first-order valence-corrected chi connectivity index (χ1v) is 6.79. The van der Waals surface area contributed by atoms with Crippen molar-refractivity contribution in [2.75, 3.05) is 6.54 Å². The van der Waals surface area contributed by atoms with E-state index >= 15 is 0 Å². The Hall–Kier alpha value is -0.140. The van der Waals surface area contributed by atoms with Gasteiger partial charge in [0, 0.05) is 11.9 Å². The maximum atomic E-state index is 11.5. The Bertz CT molecular complexity index is 327. The number of aliphatic hydroxyl groups is 1. The normalized spacial score (nSPS) is 12.5. The highest BCUT2D eigenvalue weighted by Gasteiger charge is 2.09. The molecule has 0 aliphatic heterocycles. The van der Waals surface area contributed by atoms with Gasteiger partial charge in [0.2, 0.25) is 0 Å². The SMILES string of the molecule is CCCC(O)CNC(=O)c1csc(I)c1. The molecule has 2 N–H and O–H groups in total. The quantitative estimate of drug-likeness (QED) is 0.809. The summed E-state index contributed by atoms with van der Waals surface area (Å²) in [5, 5.41) is 14.0. The maximum absolute atomic E-state index is 11.5. The van der Waals surface area contributed by atoms with E-state index < -0.39 is 6.10 Å². The second kappa shape index (κ2) is 6.44. The first kappa shape index (κ1) is 12.9. The van der Waals surface area contributed by atoms with Crippen LogP contribution in [0.15, 0.2) is 11.4 Å². The number of hydrogen-bond donors (Lipinski definition) is 2. The fraction of sp³-hybridized carbons (Fsp3) is 0.500. The number of halogens is 1. The lowest BCUT2D eigenvalue weighted by molar-refractivity contribution is 0.0910. The Morgan fingerprint density at radius 3 is 3.00 bits per heavy atom. The molecule has 0 fully saturated rings. The third kappa shape index (κ3) is 4.48. The standard InChI is InChI=1S/C10H14INO2S/c1-2-3-8(13)5-12-10(14)7-4-9(11)15-6-7/h4,6,8,13H,2-3,5H2,1H3,(H,12,14). The molecule has 1 amide bonds. The van der Waals surface area contributed by atoms with Gasteiger partial charge in [0.15, 0.2) is 0 Å². The molecular weight excluding hydrogens is 325 g/mol. The number of thiophene rings is 1. The highest BCUT2D eigenvalue weighted by molar-refractivity contribution is 14.1. The minimum atomic E-state index is -0.434. The van der Waals surface area contributed by atoms with Crippen molar-refractivity contribution >= 4 is 39.8 Å². The van der Waals surface area contributed by atoms with Gasteiger partial charge < -0.3 is 10.4 Å². The van der Waals surface area contributed by atoms with Crippen LogP contribution in [0.3, 0.4) is 0 Å². The molecule has 0 aliphatic carbocycles. The van der Waals surface area contributed by atoms with E-state index in [0.29, 0.717) is 12.1 Å². The molecule has 1 atom stereocenters. The number of aliphatic hydroxyl groups excluding tert-OH is 1. The van der Waals surface area contributed by atoms with Gasteiger partial charge in [0.25, 0.3) is 5.91 Å². The Morgan fingerprint density at radius 2 is 2.47 bits per heavy atom. The molecule has 0 aromatic carbocycles. The monoisotopic (exact) mass is 339 g/mol. The Morgan fingerprint density at radius 1 is 1.73 bits per heavy atom. The van der Waals surface area contributed by atoms with Gasteiger partial charge in [-0.3, -0.25) is 4.79 Å². The molecule has 1 heterocycles. The van der Waals surface area contributed by atoms with E-state index in [-0.39, 0.29) is 5.91 Å². The first-order chi connectivity index (χ1) is 7.13. The molecule has 1 unspecified atom stereocenters. The van der Waals surface area contributed by atoms with E-state index in [2.05, 4.69) is 27.9 Å². The van der Waals surface area contributed by atoms with Crippen LogP contribution in [-0.4, -0.2) is 23.7 Å². The van der Waals surface area contributed by atoms with E-state index in [0.717, 1.165) is 15.7 Å². The molecule has 0 bridgehead atoms. The third-order valence-corrected chi connectivity index (χ3v) is 3.74. The van der Waals surface area contributed by atoms with E-state index in [1.165, 1.54) is 0 Å². The van der Waals surface area contributed by atoms with Crippen LogP contribution in [0.1, 0.15) is 30.1 Å². The lowest BCUT2D eigenvalue weighted by Crippen LogP contribution is -2.31. The van der Waals surface area contributed by atoms with Crippen molar-refractivity contribution in [3.63, 3.8) is 0 Å². The van der Waals surface area contributed by atoms with Crippen molar-refractivity contribution < 1.29 is 9.90 Å². The van der Waals surface area contributed by atoms with Gasteiger partial charge >= 0.3 is 0 Å². The molecule has 84 valence electrons. The summed E-state index contributed by atoms with van der Waals surface area (Å²) in [6, 6.07) is 1.84. The number of hydrogen-bond acceptors (Lipinski definition) is 3. The van der Waals surface area contributed by atoms with Gasteiger partial charge in [-0.2, -0.15) is 0 Å². The Kier molecular flexibility index (Phi) is 5.55. The minimum absolute atomic E-state index is 0.107. The molecule has 1 aromatic rings. The van der Waals surface area contributed by atoms with E-state index in [4.69, 9.17) is 0 Å². The van der Waals surface area contributed by atoms with Crippen LogP contribution in [-0.2, 0) is 0 Å². The fourth-order valence-corrected chi connectivity index (χ4v) is 2.50. The smallest absolute Gasteiger partial charge is 0.252 e. The summed E-state index contributed by atoms with van der Waals surface area (Å²) < 4.78 is 1.09. The number of carbonyl (C=O) groups is 1. The molecule has 0 saturated heterocycles. The van der Waals surface area contributed by atoms with Crippen molar-refractivity contribution in [2.24, 2.45) is 0 Å². The van der Waals surface area contributed by atoms with Gasteiger partial charge in [-0.1, -0.05) is 13.3 Å². The largest absolute Gasteiger partial charge is 0.391 e. The topological polar surface area (TPSA) is 49.3 Å². The molecule has 1 rings (SSSR count).